The number of ether oxygens (including phenoxy) is 2. The Morgan fingerprint density at radius 3 is 2.56 bits per heavy atom. The molecule has 0 spiro atoms. The van der Waals surface area contributed by atoms with Gasteiger partial charge in [0.1, 0.15) is 6.61 Å². The van der Waals surface area contributed by atoms with Gasteiger partial charge in [0, 0.05) is 20.3 Å². The van der Waals surface area contributed by atoms with E-state index < -0.39 is 0 Å². The summed E-state index contributed by atoms with van der Waals surface area (Å²) in [6, 6.07) is 0. The van der Waals surface area contributed by atoms with Gasteiger partial charge in [-0.15, -0.1) is 0 Å². The molecule has 0 N–H and O–H groups in total. The summed E-state index contributed by atoms with van der Waals surface area (Å²) in [5, 5.41) is 9.81. The topological polar surface area (TPSA) is 38.4 Å². The molecule has 55 valence electrons. The van der Waals surface area contributed by atoms with E-state index in [1.165, 1.54) is 0 Å². The molecule has 0 atom stereocenters. The van der Waals surface area contributed by atoms with Crippen LogP contribution in [-0.4, -0.2) is 33.5 Å². The molecule has 0 aliphatic heterocycles. The van der Waals surface area contributed by atoms with Crippen molar-refractivity contribution in [2.24, 2.45) is 0 Å². The maximum absolute atomic E-state index is 9.81. The number of rotatable bonds is 6. The van der Waals surface area contributed by atoms with Crippen molar-refractivity contribution in [1.29, 1.82) is 0 Å². The average molecular weight is 133 g/mol. The van der Waals surface area contributed by atoms with Crippen LogP contribution in [0, 0.1) is 0 Å². The van der Waals surface area contributed by atoms with E-state index in [1.807, 2.05) is 0 Å². The molecule has 0 aliphatic rings. The Kier molecular flexibility index (Phi) is 7.77. The molecule has 0 saturated heterocycles. The third-order valence-corrected chi connectivity index (χ3v) is 0.865. The summed E-state index contributed by atoms with van der Waals surface area (Å²) < 4.78 is 9.66. The molecular formula is C6H13O3. The van der Waals surface area contributed by atoms with Gasteiger partial charge < -0.3 is 9.47 Å². The molecule has 0 fully saturated rings. The number of hydrogen-bond acceptors (Lipinski definition) is 2. The molecule has 0 amide bonds. The van der Waals surface area contributed by atoms with Crippen LogP contribution in [0.2, 0.25) is 0 Å². The van der Waals surface area contributed by atoms with E-state index in [4.69, 9.17) is 9.47 Å². The van der Waals surface area contributed by atoms with Gasteiger partial charge in [-0.1, -0.05) is 0 Å². The maximum Gasteiger partial charge on any atom is 0.106 e. The highest BCUT2D eigenvalue weighted by molar-refractivity contribution is 4.32. The average Bonchev–Trinajstić information content (AvgIpc) is 1.89. The summed E-state index contributed by atoms with van der Waals surface area (Å²) in [7, 11) is 1.65. The Morgan fingerprint density at radius 2 is 2.00 bits per heavy atom. The van der Waals surface area contributed by atoms with Crippen molar-refractivity contribution in [3.8, 4) is 0 Å². The first-order chi connectivity index (χ1) is 4.41. The zero-order chi connectivity index (χ0) is 6.95. The monoisotopic (exact) mass is 133 g/mol. The largest absolute Gasteiger partial charge is 0.385 e. The lowest BCUT2D eigenvalue weighted by Crippen LogP contribution is -2.02. The van der Waals surface area contributed by atoms with Crippen LogP contribution in [0.1, 0.15) is 6.42 Å². The predicted molar refractivity (Wildman–Crippen MR) is 32.9 cm³/mol. The molecular weight excluding hydrogens is 120 g/mol. The van der Waals surface area contributed by atoms with Gasteiger partial charge in [0.15, 0.2) is 0 Å². The SMILES string of the molecule is COCCCOCC[O]. The molecule has 0 rings (SSSR count). The van der Waals surface area contributed by atoms with Crippen molar-refractivity contribution in [3.63, 3.8) is 0 Å². The Hall–Kier alpha value is -0.120. The van der Waals surface area contributed by atoms with Crippen molar-refractivity contribution in [3.05, 3.63) is 0 Å². The molecule has 0 aromatic carbocycles. The molecule has 0 unspecified atom stereocenters. The zero-order valence-electron chi connectivity index (χ0n) is 5.76. The van der Waals surface area contributed by atoms with Crippen LogP contribution < -0.4 is 0 Å². The van der Waals surface area contributed by atoms with Crippen molar-refractivity contribution >= 4 is 0 Å². The molecule has 0 aliphatic carbocycles. The Bertz CT molecular complexity index is 41.6. The van der Waals surface area contributed by atoms with Gasteiger partial charge in [0.2, 0.25) is 0 Å². The fourth-order valence-corrected chi connectivity index (χ4v) is 0.466. The second kappa shape index (κ2) is 7.88. The van der Waals surface area contributed by atoms with Gasteiger partial charge in [-0.2, -0.15) is 0 Å². The molecule has 1 radical (unpaired) electrons. The third kappa shape index (κ3) is 7.88. The van der Waals surface area contributed by atoms with E-state index in [9.17, 15) is 5.11 Å². The van der Waals surface area contributed by atoms with Gasteiger partial charge >= 0.3 is 0 Å². The maximum atomic E-state index is 9.81. The van der Waals surface area contributed by atoms with Crippen molar-refractivity contribution in [1.82, 2.24) is 0 Å². The van der Waals surface area contributed by atoms with Crippen LogP contribution in [0.4, 0.5) is 0 Å². The summed E-state index contributed by atoms with van der Waals surface area (Å²) in [5.74, 6) is 0. The number of hydrogen-bond donors (Lipinski definition) is 0. The van der Waals surface area contributed by atoms with Crippen LogP contribution in [0.25, 0.3) is 0 Å². The second-order valence-electron chi connectivity index (χ2n) is 1.66. The molecule has 0 saturated carbocycles. The fraction of sp³-hybridized carbons (Fsp3) is 1.00. The van der Waals surface area contributed by atoms with Gasteiger partial charge in [-0.3, -0.25) is 0 Å². The summed E-state index contributed by atoms with van der Waals surface area (Å²) >= 11 is 0. The Balaban J connectivity index is 2.60. The van der Waals surface area contributed by atoms with Crippen LogP contribution in [0.3, 0.4) is 0 Å². The van der Waals surface area contributed by atoms with Crippen molar-refractivity contribution < 1.29 is 14.6 Å². The van der Waals surface area contributed by atoms with Crippen LogP contribution in [0.5, 0.6) is 0 Å². The minimum Gasteiger partial charge on any atom is -0.385 e. The standard InChI is InChI=1S/C6H13O3/c1-8-4-2-5-9-6-3-7/h2-6H2,1H3. The van der Waals surface area contributed by atoms with Crippen molar-refractivity contribution in [2.45, 2.75) is 6.42 Å². The highest BCUT2D eigenvalue weighted by Crippen LogP contribution is 1.81. The highest BCUT2D eigenvalue weighted by Gasteiger charge is 1.85. The Labute approximate surface area is 55.6 Å². The zero-order valence-corrected chi connectivity index (χ0v) is 5.76. The smallest absolute Gasteiger partial charge is 0.106 e. The first-order valence-corrected chi connectivity index (χ1v) is 3.06. The molecule has 0 aromatic heterocycles. The molecule has 0 bridgehead atoms. The molecule has 3 heteroatoms. The molecule has 0 aromatic rings. The second-order valence-corrected chi connectivity index (χ2v) is 1.66. The van der Waals surface area contributed by atoms with Gasteiger partial charge in [0.25, 0.3) is 0 Å². The van der Waals surface area contributed by atoms with Crippen LogP contribution in [-0.2, 0) is 14.6 Å². The minimum atomic E-state index is -0.146. The van der Waals surface area contributed by atoms with Gasteiger partial charge in [-0.25, -0.2) is 5.11 Å². The normalized spacial score (nSPS) is 10.0. The summed E-state index contributed by atoms with van der Waals surface area (Å²) in [6.45, 7) is 1.52. The first kappa shape index (κ1) is 8.88. The van der Waals surface area contributed by atoms with E-state index >= 15 is 0 Å². The lowest BCUT2D eigenvalue weighted by atomic mass is 10.5. The quantitative estimate of drug-likeness (QED) is 0.494. The molecule has 9 heavy (non-hydrogen) atoms. The van der Waals surface area contributed by atoms with E-state index in [1.54, 1.807) is 7.11 Å². The molecule has 3 nitrogen and oxygen atoms in total. The third-order valence-electron chi connectivity index (χ3n) is 0.865. The first-order valence-electron chi connectivity index (χ1n) is 3.06. The van der Waals surface area contributed by atoms with E-state index in [2.05, 4.69) is 0 Å². The van der Waals surface area contributed by atoms with Crippen molar-refractivity contribution in [2.75, 3.05) is 33.5 Å². The van der Waals surface area contributed by atoms with Gasteiger partial charge in [0.05, 0.1) is 6.61 Å². The van der Waals surface area contributed by atoms with Crippen LogP contribution >= 0.6 is 0 Å². The van der Waals surface area contributed by atoms with Gasteiger partial charge in [-0.05, 0) is 6.42 Å². The van der Waals surface area contributed by atoms with Crippen LogP contribution in [0.15, 0.2) is 0 Å². The van der Waals surface area contributed by atoms with E-state index in [0.29, 0.717) is 19.8 Å². The Morgan fingerprint density at radius 1 is 1.22 bits per heavy atom. The number of methoxy groups -OCH3 is 1. The summed E-state index contributed by atoms with van der Waals surface area (Å²) in [5.41, 5.74) is 0. The molecule has 0 heterocycles. The summed E-state index contributed by atoms with van der Waals surface area (Å²) in [4.78, 5) is 0. The fourth-order valence-electron chi connectivity index (χ4n) is 0.466. The van der Waals surface area contributed by atoms with E-state index in [-0.39, 0.29) is 6.61 Å². The highest BCUT2D eigenvalue weighted by atomic mass is 16.5. The summed E-state index contributed by atoms with van der Waals surface area (Å²) in [6.07, 6.45) is 0.872. The lowest BCUT2D eigenvalue weighted by molar-refractivity contribution is 0.0527. The minimum absolute atomic E-state index is 0.146. The predicted octanol–water partition coefficient (Wildman–Crippen LogP) is 0.470. The van der Waals surface area contributed by atoms with E-state index in [0.717, 1.165) is 6.42 Å². The lowest BCUT2D eigenvalue weighted by Gasteiger charge is -1.98.